The van der Waals surface area contributed by atoms with Crippen LogP contribution in [-0.2, 0) is 38.1 Å². The Morgan fingerprint density at radius 1 is 0.882 bits per heavy atom. The van der Waals surface area contributed by atoms with E-state index >= 15 is 0 Å². The molecule has 0 fully saturated rings. The van der Waals surface area contributed by atoms with Gasteiger partial charge in [0.25, 0.3) is 5.69 Å². The summed E-state index contributed by atoms with van der Waals surface area (Å²) >= 11 is 0. The van der Waals surface area contributed by atoms with Gasteiger partial charge in [0.2, 0.25) is 5.54 Å². The van der Waals surface area contributed by atoms with E-state index in [1.54, 1.807) is 0 Å². The van der Waals surface area contributed by atoms with Crippen molar-refractivity contribution in [2.75, 3.05) is 26.4 Å². The highest BCUT2D eigenvalue weighted by molar-refractivity contribution is 6.20. The molecule has 1 N–H and O–H groups in total. The van der Waals surface area contributed by atoms with E-state index in [1.807, 2.05) is 0 Å². The van der Waals surface area contributed by atoms with Crippen LogP contribution >= 0.6 is 0 Å². The van der Waals surface area contributed by atoms with Crippen LogP contribution in [0.25, 0.3) is 0 Å². The number of hydrogen-bond acceptors (Lipinski definition) is 11. The van der Waals surface area contributed by atoms with Crippen molar-refractivity contribution in [3.63, 3.8) is 0 Å². The average molecular weight is 478 g/mol. The van der Waals surface area contributed by atoms with Gasteiger partial charge in [0, 0.05) is 6.07 Å². The molecule has 0 aliphatic carbocycles. The van der Waals surface area contributed by atoms with Crippen LogP contribution in [0, 0.1) is 10.1 Å². The maximum atomic E-state index is 13.2. The van der Waals surface area contributed by atoms with Crippen LogP contribution < -0.4 is 5.32 Å². The van der Waals surface area contributed by atoms with Crippen LogP contribution in [0.5, 0.6) is 0 Å². The summed E-state index contributed by atoms with van der Waals surface area (Å²) in [4.78, 5) is 63.6. The molecule has 1 unspecified atom stereocenters. The molecule has 1 aromatic rings. The first kappa shape index (κ1) is 26.5. The SMILES string of the molecule is CCOC(=O)C1=C(C(=O)OCC)C(C(=O)OCC)(C(=O)OCC)NC1c1ccccc1[N+](=O)[O-]. The number of nitro benzene ring substituents is 1. The lowest BCUT2D eigenvalue weighted by molar-refractivity contribution is -0.385. The second kappa shape index (κ2) is 11.4. The van der Waals surface area contributed by atoms with Crippen LogP contribution in [0.2, 0.25) is 0 Å². The Balaban J connectivity index is 2.97. The van der Waals surface area contributed by atoms with Crippen molar-refractivity contribution >= 4 is 29.6 Å². The zero-order valence-electron chi connectivity index (χ0n) is 19.2. The quantitative estimate of drug-likeness (QED) is 0.171. The molecule has 0 spiro atoms. The van der Waals surface area contributed by atoms with Crippen molar-refractivity contribution in [1.29, 1.82) is 0 Å². The number of rotatable bonds is 10. The number of nitro groups is 1. The minimum atomic E-state index is -2.63. The standard InChI is InChI=1S/C22H26N2O10/c1-5-31-18(25)15-16(19(26)32-6-2)22(20(27)33-7-3,21(28)34-8-4)23-17(15)13-11-9-10-12-14(13)24(29)30/h9-12,17,23H,5-8H2,1-4H3. The summed E-state index contributed by atoms with van der Waals surface area (Å²) in [5.41, 5.74) is -4.33. The Labute approximate surface area is 195 Å². The van der Waals surface area contributed by atoms with Gasteiger partial charge in [-0.05, 0) is 27.7 Å². The Morgan fingerprint density at radius 3 is 1.88 bits per heavy atom. The summed E-state index contributed by atoms with van der Waals surface area (Å²) < 4.78 is 20.3. The Kier molecular flexibility index (Phi) is 8.84. The molecule has 1 aromatic carbocycles. The molecule has 1 heterocycles. The molecule has 0 radical (unpaired) electrons. The minimum absolute atomic E-state index is 0.0900. The van der Waals surface area contributed by atoms with Crippen molar-refractivity contribution in [1.82, 2.24) is 5.32 Å². The lowest BCUT2D eigenvalue weighted by Gasteiger charge is -2.28. The van der Waals surface area contributed by atoms with Crippen molar-refractivity contribution in [2.45, 2.75) is 39.3 Å². The highest BCUT2D eigenvalue weighted by Crippen LogP contribution is 2.43. The zero-order valence-corrected chi connectivity index (χ0v) is 19.2. The normalized spacial score (nSPS) is 16.5. The Hall–Kier alpha value is -3.80. The van der Waals surface area contributed by atoms with Gasteiger partial charge in [-0.25, -0.2) is 19.2 Å². The van der Waals surface area contributed by atoms with E-state index in [1.165, 1.54) is 52.0 Å². The van der Waals surface area contributed by atoms with E-state index in [0.717, 1.165) is 0 Å². The van der Waals surface area contributed by atoms with Gasteiger partial charge in [-0.1, -0.05) is 18.2 Å². The van der Waals surface area contributed by atoms with E-state index in [0.29, 0.717) is 0 Å². The highest BCUT2D eigenvalue weighted by atomic mass is 16.6. The molecule has 0 saturated carbocycles. The Bertz CT molecular complexity index is 999. The van der Waals surface area contributed by atoms with Gasteiger partial charge in [0.15, 0.2) is 0 Å². The summed E-state index contributed by atoms with van der Waals surface area (Å²) in [6, 6.07) is 3.89. The molecular formula is C22H26N2O10. The number of carbonyl (C=O) groups is 4. The fourth-order valence-electron chi connectivity index (χ4n) is 3.62. The van der Waals surface area contributed by atoms with Gasteiger partial charge in [0.05, 0.1) is 54.1 Å². The van der Waals surface area contributed by atoms with Crippen molar-refractivity contribution in [2.24, 2.45) is 0 Å². The molecule has 0 aromatic heterocycles. The van der Waals surface area contributed by atoms with E-state index in [-0.39, 0.29) is 32.0 Å². The predicted molar refractivity (Wildman–Crippen MR) is 115 cm³/mol. The van der Waals surface area contributed by atoms with Crippen molar-refractivity contribution in [3.05, 3.63) is 51.1 Å². The lowest BCUT2D eigenvalue weighted by Crippen LogP contribution is -2.60. The Morgan fingerprint density at radius 2 is 1.38 bits per heavy atom. The van der Waals surface area contributed by atoms with Gasteiger partial charge in [-0.3, -0.25) is 15.4 Å². The van der Waals surface area contributed by atoms with E-state index in [4.69, 9.17) is 18.9 Å². The molecular weight excluding hydrogens is 452 g/mol. The fraction of sp³-hybridized carbons (Fsp3) is 0.455. The van der Waals surface area contributed by atoms with Gasteiger partial charge in [-0.2, -0.15) is 0 Å². The second-order valence-corrected chi connectivity index (χ2v) is 6.81. The molecule has 0 amide bonds. The first-order valence-corrected chi connectivity index (χ1v) is 10.6. The van der Waals surface area contributed by atoms with Crippen molar-refractivity contribution < 1.29 is 43.0 Å². The monoisotopic (exact) mass is 478 g/mol. The molecule has 34 heavy (non-hydrogen) atoms. The number of hydrogen-bond donors (Lipinski definition) is 1. The number of benzene rings is 1. The van der Waals surface area contributed by atoms with Crippen LogP contribution in [0.1, 0.15) is 39.3 Å². The highest BCUT2D eigenvalue weighted by Gasteiger charge is 2.64. The van der Waals surface area contributed by atoms with Crippen LogP contribution in [0.4, 0.5) is 5.69 Å². The third-order valence-corrected chi connectivity index (χ3v) is 4.88. The number of nitrogens with one attached hydrogen (secondary N) is 1. The third kappa shape index (κ3) is 4.76. The molecule has 0 bridgehead atoms. The number of ether oxygens (including phenoxy) is 4. The summed E-state index contributed by atoms with van der Waals surface area (Å²) in [6.07, 6.45) is 0. The van der Waals surface area contributed by atoms with Gasteiger partial charge < -0.3 is 18.9 Å². The number of para-hydroxylation sites is 1. The summed E-state index contributed by atoms with van der Waals surface area (Å²) in [5.74, 6) is -4.73. The number of nitrogens with zero attached hydrogens (tertiary/aromatic N) is 1. The van der Waals surface area contributed by atoms with E-state index in [2.05, 4.69) is 5.32 Å². The minimum Gasteiger partial charge on any atom is -0.464 e. The molecule has 184 valence electrons. The largest absolute Gasteiger partial charge is 0.464 e. The average Bonchev–Trinajstić information content (AvgIpc) is 3.17. The predicted octanol–water partition coefficient (Wildman–Crippen LogP) is 1.53. The van der Waals surface area contributed by atoms with Crippen LogP contribution in [0.15, 0.2) is 35.4 Å². The fourth-order valence-corrected chi connectivity index (χ4v) is 3.62. The molecule has 1 aliphatic rings. The molecule has 1 atom stereocenters. The molecule has 12 heteroatoms. The topological polar surface area (TPSA) is 160 Å². The summed E-state index contributed by atoms with van der Waals surface area (Å²) in [7, 11) is 0. The van der Waals surface area contributed by atoms with Crippen LogP contribution in [-0.4, -0.2) is 60.8 Å². The summed E-state index contributed by atoms with van der Waals surface area (Å²) in [6.45, 7) is 5.32. The first-order valence-electron chi connectivity index (χ1n) is 10.6. The molecule has 1 aliphatic heterocycles. The van der Waals surface area contributed by atoms with Crippen molar-refractivity contribution in [3.8, 4) is 0 Å². The van der Waals surface area contributed by atoms with E-state index in [9.17, 15) is 29.3 Å². The maximum Gasteiger partial charge on any atom is 0.343 e. The van der Waals surface area contributed by atoms with Crippen LogP contribution in [0.3, 0.4) is 0 Å². The molecule has 12 nitrogen and oxygen atoms in total. The molecule has 0 saturated heterocycles. The summed E-state index contributed by atoms with van der Waals surface area (Å²) in [5, 5.41) is 14.3. The van der Waals surface area contributed by atoms with E-state index < -0.39 is 57.2 Å². The number of carbonyl (C=O) groups excluding carboxylic acids is 4. The lowest BCUT2D eigenvalue weighted by atomic mass is 9.88. The zero-order chi connectivity index (χ0) is 25.5. The van der Waals surface area contributed by atoms with Gasteiger partial charge in [-0.15, -0.1) is 0 Å². The first-order chi connectivity index (χ1) is 16.2. The number of esters is 4. The third-order valence-electron chi connectivity index (χ3n) is 4.88. The molecule has 2 rings (SSSR count). The van der Waals surface area contributed by atoms with Gasteiger partial charge >= 0.3 is 23.9 Å². The second-order valence-electron chi connectivity index (χ2n) is 6.81. The smallest absolute Gasteiger partial charge is 0.343 e. The maximum absolute atomic E-state index is 13.2. The van der Waals surface area contributed by atoms with Gasteiger partial charge in [0.1, 0.15) is 0 Å².